The van der Waals surface area contributed by atoms with Gasteiger partial charge < -0.3 is 10.1 Å². The van der Waals surface area contributed by atoms with Crippen LogP contribution in [0.3, 0.4) is 0 Å². The van der Waals surface area contributed by atoms with Crippen molar-refractivity contribution in [2.45, 2.75) is 13.3 Å². The number of rotatable bonds is 5. The van der Waals surface area contributed by atoms with Gasteiger partial charge in [0.15, 0.2) is 0 Å². The molecule has 0 aliphatic carbocycles. The van der Waals surface area contributed by atoms with Crippen molar-refractivity contribution >= 4 is 17.3 Å². The van der Waals surface area contributed by atoms with E-state index in [0.29, 0.717) is 5.75 Å². The second kappa shape index (κ2) is 6.66. The second-order valence-electron chi connectivity index (χ2n) is 4.67. The molecule has 0 radical (unpaired) electrons. The van der Waals surface area contributed by atoms with Crippen LogP contribution in [0.25, 0.3) is 0 Å². The molecule has 1 aromatic heterocycles. The lowest BCUT2D eigenvalue weighted by Gasteiger charge is -2.08. The highest BCUT2D eigenvalue weighted by atomic mass is 16.6. The molecule has 114 valence electrons. The number of ether oxygens (including phenoxy) is 1. The van der Waals surface area contributed by atoms with Crippen molar-refractivity contribution in [3.8, 4) is 5.75 Å². The lowest BCUT2D eigenvalue weighted by Crippen LogP contribution is -2.16. The zero-order valence-electron chi connectivity index (χ0n) is 12.2. The summed E-state index contributed by atoms with van der Waals surface area (Å²) in [5, 5.41) is 13.6. The summed E-state index contributed by atoms with van der Waals surface area (Å²) >= 11 is 0. The molecule has 0 saturated carbocycles. The van der Waals surface area contributed by atoms with Crippen LogP contribution in [0, 0.1) is 17.0 Å². The van der Waals surface area contributed by atoms with Gasteiger partial charge in [-0.2, -0.15) is 0 Å². The molecule has 1 aromatic carbocycles. The first-order valence-corrected chi connectivity index (χ1v) is 6.53. The van der Waals surface area contributed by atoms with E-state index in [0.717, 1.165) is 11.1 Å². The normalized spacial score (nSPS) is 10.1. The van der Waals surface area contributed by atoms with Crippen LogP contribution in [0.15, 0.2) is 36.7 Å². The number of nitro groups is 1. The van der Waals surface area contributed by atoms with Crippen LogP contribution in [-0.2, 0) is 11.2 Å². The molecule has 0 aliphatic rings. The van der Waals surface area contributed by atoms with E-state index < -0.39 is 4.92 Å². The number of anilines is 1. The summed E-state index contributed by atoms with van der Waals surface area (Å²) in [6.07, 6.45) is 3.39. The van der Waals surface area contributed by atoms with Gasteiger partial charge in [-0.15, -0.1) is 0 Å². The number of methoxy groups -OCH3 is 1. The molecule has 0 saturated heterocycles. The summed E-state index contributed by atoms with van der Waals surface area (Å²) < 4.78 is 4.95. The molecule has 0 spiro atoms. The highest BCUT2D eigenvalue weighted by Gasteiger charge is 2.17. The second-order valence-corrected chi connectivity index (χ2v) is 4.67. The van der Waals surface area contributed by atoms with Crippen LogP contribution in [0.4, 0.5) is 11.4 Å². The van der Waals surface area contributed by atoms with Crippen LogP contribution in [0.1, 0.15) is 11.1 Å². The van der Waals surface area contributed by atoms with Gasteiger partial charge in [-0.05, 0) is 36.2 Å². The van der Waals surface area contributed by atoms with E-state index in [2.05, 4.69) is 10.3 Å². The smallest absolute Gasteiger partial charge is 0.296 e. The predicted molar refractivity (Wildman–Crippen MR) is 81.0 cm³/mol. The number of amides is 1. The lowest BCUT2D eigenvalue weighted by molar-refractivity contribution is -0.384. The van der Waals surface area contributed by atoms with Gasteiger partial charge in [0, 0.05) is 12.4 Å². The van der Waals surface area contributed by atoms with Crippen molar-refractivity contribution in [1.29, 1.82) is 0 Å². The number of benzene rings is 1. The van der Waals surface area contributed by atoms with E-state index in [4.69, 9.17) is 4.74 Å². The number of nitrogens with zero attached hydrogens (tertiary/aromatic N) is 2. The molecule has 0 unspecified atom stereocenters. The van der Waals surface area contributed by atoms with E-state index in [9.17, 15) is 14.9 Å². The number of pyridine rings is 1. The van der Waals surface area contributed by atoms with Crippen molar-refractivity contribution in [3.63, 3.8) is 0 Å². The summed E-state index contributed by atoms with van der Waals surface area (Å²) in [5.74, 6) is 0.0252. The first-order chi connectivity index (χ1) is 10.5. The molecule has 7 nitrogen and oxygen atoms in total. The Hall–Kier alpha value is -2.96. The largest absolute Gasteiger partial charge is 0.496 e. The van der Waals surface area contributed by atoms with Gasteiger partial charge in [0.1, 0.15) is 11.4 Å². The quantitative estimate of drug-likeness (QED) is 0.676. The van der Waals surface area contributed by atoms with Crippen LogP contribution < -0.4 is 10.1 Å². The van der Waals surface area contributed by atoms with Gasteiger partial charge in [0.25, 0.3) is 5.69 Å². The number of nitrogens with one attached hydrogen (secondary N) is 1. The van der Waals surface area contributed by atoms with Gasteiger partial charge in [-0.1, -0.05) is 0 Å². The Balaban J connectivity index is 2.18. The molecule has 0 fully saturated rings. The first-order valence-electron chi connectivity index (χ1n) is 6.53. The molecule has 0 atom stereocenters. The molecule has 1 heterocycles. The monoisotopic (exact) mass is 301 g/mol. The fraction of sp³-hybridized carbons (Fsp3) is 0.200. The average molecular weight is 301 g/mol. The molecule has 0 bridgehead atoms. The minimum absolute atomic E-state index is 0.123. The lowest BCUT2D eigenvalue weighted by atomic mass is 10.1. The highest BCUT2D eigenvalue weighted by molar-refractivity contribution is 5.94. The average Bonchev–Trinajstić information content (AvgIpc) is 2.49. The summed E-state index contributed by atoms with van der Waals surface area (Å²) in [6.45, 7) is 1.85. The minimum Gasteiger partial charge on any atom is -0.496 e. The van der Waals surface area contributed by atoms with Crippen LogP contribution >= 0.6 is 0 Å². The third-order valence-electron chi connectivity index (χ3n) is 3.16. The van der Waals surface area contributed by atoms with E-state index in [-0.39, 0.29) is 23.7 Å². The number of hydrogen-bond donors (Lipinski definition) is 1. The number of nitro benzene ring substituents is 1. The van der Waals surface area contributed by atoms with Crippen LogP contribution in [-0.4, -0.2) is 22.9 Å². The van der Waals surface area contributed by atoms with Crippen molar-refractivity contribution in [2.24, 2.45) is 0 Å². The minimum atomic E-state index is -0.560. The predicted octanol–water partition coefficient (Wildman–Crippen LogP) is 2.49. The summed E-state index contributed by atoms with van der Waals surface area (Å²) in [6, 6.07) is 6.03. The zero-order chi connectivity index (χ0) is 16.1. The van der Waals surface area contributed by atoms with E-state index >= 15 is 0 Å². The van der Waals surface area contributed by atoms with Gasteiger partial charge >= 0.3 is 0 Å². The fourth-order valence-electron chi connectivity index (χ4n) is 1.96. The molecule has 1 amide bonds. The summed E-state index contributed by atoms with van der Waals surface area (Å²) in [7, 11) is 1.42. The number of aromatic nitrogens is 1. The molecule has 22 heavy (non-hydrogen) atoms. The highest BCUT2D eigenvalue weighted by Crippen LogP contribution is 2.29. The number of carbonyl (C=O) groups is 1. The maximum Gasteiger partial charge on any atom is 0.296 e. The van der Waals surface area contributed by atoms with Gasteiger partial charge in [-0.3, -0.25) is 19.9 Å². The molecule has 0 aliphatic heterocycles. The van der Waals surface area contributed by atoms with Gasteiger partial charge in [0.2, 0.25) is 5.91 Å². The van der Waals surface area contributed by atoms with E-state index in [1.165, 1.54) is 19.2 Å². The summed E-state index contributed by atoms with van der Waals surface area (Å²) in [5.41, 5.74) is 1.65. The fourth-order valence-corrected chi connectivity index (χ4v) is 1.96. The third kappa shape index (κ3) is 3.57. The Kier molecular flexibility index (Phi) is 4.67. The molecule has 2 rings (SSSR count). The maximum absolute atomic E-state index is 12.1. The van der Waals surface area contributed by atoms with Crippen molar-refractivity contribution < 1.29 is 14.5 Å². The SMILES string of the molecule is COc1ccc(NC(=O)Cc2ccncc2C)c([N+](=O)[O-])c1. The standard InChI is InChI=1S/C15H15N3O4/c1-10-9-16-6-5-11(10)7-15(19)17-13-4-3-12(22-2)8-14(13)18(20)21/h3-6,8-9H,7H2,1-2H3,(H,17,19). The van der Waals surface area contributed by atoms with E-state index in [1.54, 1.807) is 24.5 Å². The third-order valence-corrected chi connectivity index (χ3v) is 3.16. The van der Waals surface area contributed by atoms with Crippen LogP contribution in [0.2, 0.25) is 0 Å². The number of hydrogen-bond acceptors (Lipinski definition) is 5. The van der Waals surface area contributed by atoms with Crippen molar-refractivity contribution in [3.05, 3.63) is 57.9 Å². The van der Waals surface area contributed by atoms with Gasteiger partial charge in [-0.25, -0.2) is 0 Å². The van der Waals surface area contributed by atoms with Crippen LogP contribution in [0.5, 0.6) is 5.75 Å². The Morgan fingerprint density at radius 3 is 2.82 bits per heavy atom. The Morgan fingerprint density at radius 1 is 1.41 bits per heavy atom. The molecular formula is C15H15N3O4. The summed E-state index contributed by atoms with van der Waals surface area (Å²) in [4.78, 5) is 26.6. The molecule has 1 N–H and O–H groups in total. The van der Waals surface area contributed by atoms with Crippen molar-refractivity contribution in [2.75, 3.05) is 12.4 Å². The number of aryl methyl sites for hydroxylation is 1. The topological polar surface area (TPSA) is 94.4 Å². The molecule has 7 heteroatoms. The van der Waals surface area contributed by atoms with Crippen molar-refractivity contribution in [1.82, 2.24) is 4.98 Å². The first kappa shape index (κ1) is 15.4. The Labute approximate surface area is 127 Å². The zero-order valence-corrected chi connectivity index (χ0v) is 12.2. The Bertz CT molecular complexity index is 716. The molecular weight excluding hydrogens is 286 g/mol. The van der Waals surface area contributed by atoms with E-state index in [1.807, 2.05) is 6.92 Å². The Morgan fingerprint density at radius 2 is 2.18 bits per heavy atom. The number of carbonyl (C=O) groups excluding carboxylic acids is 1. The molecule has 2 aromatic rings. The van der Waals surface area contributed by atoms with Gasteiger partial charge in [0.05, 0.1) is 24.5 Å². The maximum atomic E-state index is 12.1.